The molecule has 1 amide bonds. The Morgan fingerprint density at radius 1 is 1.05 bits per heavy atom. The molecule has 0 saturated heterocycles. The Hall–Kier alpha value is -4.48. The highest BCUT2D eigenvalue weighted by Gasteiger charge is 2.64. The molecule has 3 aliphatic carbocycles. The summed E-state index contributed by atoms with van der Waals surface area (Å²) in [7, 11) is 6.69. The molecule has 1 fully saturated rings. The molecule has 0 aromatic heterocycles. The zero-order valence-corrected chi connectivity index (χ0v) is 23.9. The van der Waals surface area contributed by atoms with Crippen molar-refractivity contribution in [2.24, 2.45) is 17.6 Å². The number of hydrogen-bond donors (Lipinski definition) is 5. The maximum Gasteiger partial charge on any atom is 0.255 e. The van der Waals surface area contributed by atoms with E-state index < -0.39 is 58.0 Å². The molecule has 0 aliphatic heterocycles. The van der Waals surface area contributed by atoms with Crippen molar-refractivity contribution in [3.8, 4) is 16.9 Å². The highest BCUT2D eigenvalue weighted by molar-refractivity contribution is 6.24. The molecule has 2 aromatic rings. The number of carbonyl (C=O) groups is 4. The number of amides is 1. The van der Waals surface area contributed by atoms with Gasteiger partial charge in [-0.1, -0.05) is 18.2 Å². The van der Waals surface area contributed by atoms with Gasteiger partial charge in [0.15, 0.2) is 17.2 Å². The molecule has 2 aromatic carbocycles. The van der Waals surface area contributed by atoms with Crippen molar-refractivity contribution in [3.63, 3.8) is 0 Å². The van der Waals surface area contributed by atoms with Gasteiger partial charge in [-0.2, -0.15) is 0 Å². The summed E-state index contributed by atoms with van der Waals surface area (Å²) < 4.78 is 0. The first kappa shape index (κ1) is 29.0. The van der Waals surface area contributed by atoms with Crippen LogP contribution >= 0.6 is 0 Å². The first-order valence-electron chi connectivity index (χ1n) is 13.4. The molecule has 5 rings (SSSR count). The molecular weight excluding hydrogens is 542 g/mol. The highest BCUT2D eigenvalue weighted by Crippen LogP contribution is 2.54. The van der Waals surface area contributed by atoms with Gasteiger partial charge in [0.25, 0.3) is 5.91 Å². The lowest BCUT2D eigenvalue weighted by Gasteiger charge is -2.50. The number of hydrogen-bond acceptors (Lipinski definition) is 10. The molecule has 0 radical (unpaired) electrons. The van der Waals surface area contributed by atoms with E-state index in [9.17, 15) is 39.6 Å². The van der Waals surface area contributed by atoms with E-state index in [0.717, 1.165) is 0 Å². The van der Waals surface area contributed by atoms with Gasteiger partial charge in [-0.3, -0.25) is 24.1 Å². The van der Waals surface area contributed by atoms with Crippen LogP contribution in [0.3, 0.4) is 0 Å². The van der Waals surface area contributed by atoms with E-state index >= 15 is 0 Å². The maximum atomic E-state index is 14.1. The molecule has 1 saturated carbocycles. The molecule has 220 valence electrons. The number of aliphatic hydroxyl groups excluding tert-OH is 2. The fourth-order valence-corrected chi connectivity index (χ4v) is 6.82. The van der Waals surface area contributed by atoms with Gasteiger partial charge in [-0.15, -0.1) is 0 Å². The number of aromatic hydroxyl groups is 1. The molecule has 42 heavy (non-hydrogen) atoms. The maximum absolute atomic E-state index is 14.1. The van der Waals surface area contributed by atoms with E-state index in [0.29, 0.717) is 27.9 Å². The average Bonchev–Trinajstić information content (AvgIpc) is 2.90. The number of nitrogens with zero attached hydrogens (tertiary/aromatic N) is 2. The van der Waals surface area contributed by atoms with Crippen LogP contribution in [0.4, 0.5) is 5.69 Å². The summed E-state index contributed by atoms with van der Waals surface area (Å²) in [6, 6.07) is 7.23. The van der Waals surface area contributed by atoms with Gasteiger partial charge in [-0.25, -0.2) is 0 Å². The molecule has 4 atom stereocenters. The van der Waals surface area contributed by atoms with E-state index in [1.807, 2.05) is 0 Å². The van der Waals surface area contributed by atoms with Crippen molar-refractivity contribution in [1.29, 1.82) is 0 Å². The number of ketones is 3. The van der Waals surface area contributed by atoms with Gasteiger partial charge in [0.05, 0.1) is 11.6 Å². The number of nitrogens with two attached hydrogens (primary N) is 1. The fraction of sp³-hybridized carbons (Fsp3) is 0.355. The number of phenolic OH excluding ortho intramolecular Hbond substituents is 1. The van der Waals surface area contributed by atoms with Crippen molar-refractivity contribution in [2.75, 3.05) is 33.1 Å². The van der Waals surface area contributed by atoms with Crippen molar-refractivity contribution in [3.05, 3.63) is 63.9 Å². The molecule has 0 bridgehead atoms. The first-order valence-corrected chi connectivity index (χ1v) is 13.4. The van der Waals surface area contributed by atoms with E-state index in [1.54, 1.807) is 63.4 Å². The normalized spacial score (nSPS) is 25.3. The summed E-state index contributed by atoms with van der Waals surface area (Å²) in [5.74, 6) is -7.20. The summed E-state index contributed by atoms with van der Waals surface area (Å²) in [6.45, 7) is 1.42. The predicted molar refractivity (Wildman–Crippen MR) is 154 cm³/mol. The Bertz CT molecular complexity index is 1650. The zero-order chi connectivity index (χ0) is 31.0. The van der Waals surface area contributed by atoms with Crippen LogP contribution in [0.5, 0.6) is 5.75 Å². The number of Topliss-reactive ketones (excluding diaryl/α,β-unsaturated/α-hetero) is 3. The zero-order valence-electron chi connectivity index (χ0n) is 23.9. The minimum atomic E-state index is -2.71. The van der Waals surface area contributed by atoms with E-state index in [4.69, 9.17) is 5.73 Å². The summed E-state index contributed by atoms with van der Waals surface area (Å²) in [5.41, 5.74) is 4.01. The largest absolute Gasteiger partial charge is 0.508 e. The summed E-state index contributed by atoms with van der Waals surface area (Å²) in [4.78, 5) is 54.9. The van der Waals surface area contributed by atoms with Gasteiger partial charge < -0.3 is 31.1 Å². The van der Waals surface area contributed by atoms with Crippen LogP contribution in [-0.2, 0) is 20.8 Å². The van der Waals surface area contributed by atoms with Crippen LogP contribution in [0.1, 0.15) is 34.8 Å². The Kier molecular flexibility index (Phi) is 6.78. The second-order valence-electron chi connectivity index (χ2n) is 11.6. The molecule has 11 nitrogen and oxygen atoms in total. The van der Waals surface area contributed by atoms with Crippen LogP contribution in [0, 0.1) is 11.8 Å². The number of carbonyl (C=O) groups excluding carboxylic acids is 4. The molecule has 0 spiro atoms. The molecule has 11 heteroatoms. The van der Waals surface area contributed by atoms with Gasteiger partial charge in [-0.05, 0) is 63.0 Å². The lowest BCUT2D eigenvalue weighted by molar-refractivity contribution is -0.153. The summed E-state index contributed by atoms with van der Waals surface area (Å²) in [6.07, 6.45) is 0.172. The predicted octanol–water partition coefficient (Wildman–Crippen LogP) is 1.90. The first-order chi connectivity index (χ1) is 19.6. The quantitative estimate of drug-likeness (QED) is 0.261. The second kappa shape index (κ2) is 9.81. The Morgan fingerprint density at radius 2 is 1.71 bits per heavy atom. The van der Waals surface area contributed by atoms with Crippen LogP contribution < -0.4 is 10.6 Å². The number of rotatable bonds is 5. The molecule has 6 N–H and O–H groups in total. The van der Waals surface area contributed by atoms with Crippen molar-refractivity contribution < 1.29 is 39.6 Å². The Morgan fingerprint density at radius 3 is 2.29 bits per heavy atom. The smallest absolute Gasteiger partial charge is 0.255 e. The number of aliphatic hydroxyl groups is 3. The standard InChI is InChI=1S/C31H33N3O8/c1-13(35)14-7-6-8-15(9-14)17-12-20(33(2)3)18-10-16-11-19-24(34(4)5)27(38)23(30(32)41)29(40)31(19,42)28(39)21(16)26(37)22(18)25(17)36/h6-9,12,16,19,24,36-37,40,42H,10-11H2,1-5H3,(H2,32,41). The lowest BCUT2D eigenvalue weighted by atomic mass is 9.57. The number of likely N-dealkylation sites (N-methyl/N-ethyl adjacent to an activating group) is 1. The minimum absolute atomic E-state index is 0.00179. The third-order valence-electron chi connectivity index (χ3n) is 8.76. The summed E-state index contributed by atoms with van der Waals surface area (Å²) >= 11 is 0. The third-order valence-corrected chi connectivity index (χ3v) is 8.76. The topological polar surface area (TPSA) is 182 Å². The number of primary amides is 1. The monoisotopic (exact) mass is 575 g/mol. The highest BCUT2D eigenvalue weighted by atomic mass is 16.3. The van der Waals surface area contributed by atoms with Gasteiger partial charge in [0.2, 0.25) is 5.78 Å². The Balaban J connectivity index is 1.77. The van der Waals surface area contributed by atoms with Crippen molar-refractivity contribution >= 4 is 34.7 Å². The number of benzene rings is 2. The van der Waals surface area contributed by atoms with Gasteiger partial charge in [0, 0.05) is 42.4 Å². The van der Waals surface area contributed by atoms with E-state index in [1.165, 1.54) is 11.8 Å². The van der Waals surface area contributed by atoms with Gasteiger partial charge >= 0.3 is 0 Å². The molecule has 3 aliphatic rings. The SMILES string of the molecule is CC(=O)c1cccc(-c2cc(N(C)C)c3c(c2O)C(O)=C2C(=O)C4(O)C(O)=C(C(N)=O)C(=O)C(N(C)C)C4CC2C3)c1. The number of fused-ring (bicyclic) bond motifs is 3. The average molecular weight is 576 g/mol. The fourth-order valence-electron chi connectivity index (χ4n) is 6.82. The molecule has 0 heterocycles. The molecular formula is C31H33N3O8. The van der Waals surface area contributed by atoms with Gasteiger partial charge in [0.1, 0.15) is 22.8 Å². The second-order valence-corrected chi connectivity index (χ2v) is 11.6. The Labute approximate surface area is 242 Å². The van der Waals surface area contributed by atoms with Crippen LogP contribution in [0.15, 0.2) is 47.2 Å². The number of phenols is 1. The van der Waals surface area contributed by atoms with Crippen molar-refractivity contribution in [1.82, 2.24) is 4.90 Å². The number of anilines is 1. The minimum Gasteiger partial charge on any atom is -0.508 e. The van der Waals surface area contributed by atoms with Crippen LogP contribution in [-0.4, -0.2) is 88.4 Å². The molecule has 4 unspecified atom stereocenters. The lowest BCUT2D eigenvalue weighted by Crippen LogP contribution is -2.65. The summed E-state index contributed by atoms with van der Waals surface area (Å²) in [5, 5.41) is 46.1. The van der Waals surface area contributed by atoms with Crippen molar-refractivity contribution in [2.45, 2.75) is 31.4 Å². The van der Waals surface area contributed by atoms with Crippen LogP contribution in [0.2, 0.25) is 0 Å². The van der Waals surface area contributed by atoms with Crippen LogP contribution in [0.25, 0.3) is 16.9 Å². The van der Waals surface area contributed by atoms with E-state index in [2.05, 4.69) is 0 Å². The van der Waals surface area contributed by atoms with E-state index in [-0.39, 0.29) is 35.5 Å². The third kappa shape index (κ3) is 3.95.